The summed E-state index contributed by atoms with van der Waals surface area (Å²) in [7, 11) is 0. The van der Waals surface area contributed by atoms with E-state index in [0.29, 0.717) is 11.0 Å². The lowest BCUT2D eigenvalue weighted by Gasteiger charge is -2.11. The Kier molecular flexibility index (Phi) is 12.2. The van der Waals surface area contributed by atoms with E-state index in [1.807, 2.05) is 12.1 Å². The predicted octanol–water partition coefficient (Wildman–Crippen LogP) is 7.45. The molecule has 0 amide bonds. The molecule has 1 aromatic rings. The molecule has 23 heavy (non-hydrogen) atoms. The summed E-state index contributed by atoms with van der Waals surface area (Å²) in [6.07, 6.45) is 17.8. The lowest BCUT2D eigenvalue weighted by Crippen LogP contribution is -1.91. The summed E-state index contributed by atoms with van der Waals surface area (Å²) < 4.78 is 0. The molecule has 0 aliphatic rings. The SMILES string of the molecule is CCCCCCCCCCCCCCC(S)c1ccc(O)cc1. The number of aromatic hydroxyl groups is 1. The van der Waals surface area contributed by atoms with Crippen LogP contribution in [0.4, 0.5) is 0 Å². The van der Waals surface area contributed by atoms with E-state index in [4.69, 9.17) is 0 Å². The predicted molar refractivity (Wildman–Crippen MR) is 106 cm³/mol. The Labute approximate surface area is 149 Å². The Bertz CT molecular complexity index is 374. The van der Waals surface area contributed by atoms with Crippen LogP contribution in [0.25, 0.3) is 0 Å². The lowest BCUT2D eigenvalue weighted by molar-refractivity contribution is 0.475. The molecule has 0 bridgehead atoms. The van der Waals surface area contributed by atoms with Gasteiger partial charge in [0.05, 0.1) is 0 Å². The number of unbranched alkanes of at least 4 members (excludes halogenated alkanes) is 11. The summed E-state index contributed by atoms with van der Waals surface area (Å²) in [5.74, 6) is 0.333. The molecule has 1 rings (SSSR count). The van der Waals surface area contributed by atoms with Gasteiger partial charge in [-0.1, -0.05) is 96.1 Å². The molecule has 0 aliphatic carbocycles. The summed E-state index contributed by atoms with van der Waals surface area (Å²) in [6, 6.07) is 7.46. The molecule has 0 spiro atoms. The fourth-order valence-electron chi connectivity index (χ4n) is 3.04. The molecule has 0 aromatic heterocycles. The number of rotatable bonds is 14. The standard InChI is InChI=1S/C21H36OS/c1-2-3-4-5-6-7-8-9-10-11-12-13-14-21(23)19-15-17-20(22)18-16-19/h15-18,21-23H,2-14H2,1H3. The molecule has 0 saturated heterocycles. The molecule has 0 saturated carbocycles. The van der Waals surface area contributed by atoms with E-state index in [2.05, 4.69) is 19.6 Å². The number of phenols is 1. The highest BCUT2D eigenvalue weighted by molar-refractivity contribution is 7.80. The maximum absolute atomic E-state index is 9.30. The van der Waals surface area contributed by atoms with Gasteiger partial charge in [-0.2, -0.15) is 12.6 Å². The van der Waals surface area contributed by atoms with Gasteiger partial charge in [0.2, 0.25) is 0 Å². The third-order valence-electron chi connectivity index (χ3n) is 4.61. The normalized spacial score (nSPS) is 12.4. The quantitative estimate of drug-likeness (QED) is 0.267. The molecule has 132 valence electrons. The van der Waals surface area contributed by atoms with Crippen molar-refractivity contribution in [3.8, 4) is 5.75 Å². The van der Waals surface area contributed by atoms with E-state index in [-0.39, 0.29) is 0 Å². The number of benzene rings is 1. The highest BCUT2D eigenvalue weighted by Crippen LogP contribution is 2.27. The van der Waals surface area contributed by atoms with Crippen LogP contribution in [0.2, 0.25) is 0 Å². The Morgan fingerprint density at radius 1 is 0.739 bits per heavy atom. The van der Waals surface area contributed by atoms with Crippen LogP contribution >= 0.6 is 12.6 Å². The maximum Gasteiger partial charge on any atom is 0.115 e. The zero-order valence-corrected chi connectivity index (χ0v) is 15.9. The topological polar surface area (TPSA) is 20.2 Å². The van der Waals surface area contributed by atoms with Crippen molar-refractivity contribution in [3.05, 3.63) is 29.8 Å². The Hall–Kier alpha value is -0.630. The van der Waals surface area contributed by atoms with E-state index in [1.54, 1.807) is 12.1 Å². The molecule has 1 nitrogen and oxygen atoms in total. The highest BCUT2D eigenvalue weighted by atomic mass is 32.1. The first-order valence-corrected chi connectivity index (χ1v) is 10.2. The fourth-order valence-corrected chi connectivity index (χ4v) is 3.40. The Balaban J connectivity index is 1.88. The Morgan fingerprint density at radius 2 is 1.17 bits per heavy atom. The molecule has 1 N–H and O–H groups in total. The molecule has 1 atom stereocenters. The van der Waals surface area contributed by atoms with Crippen LogP contribution < -0.4 is 0 Å². The van der Waals surface area contributed by atoms with Gasteiger partial charge in [-0.15, -0.1) is 0 Å². The largest absolute Gasteiger partial charge is 0.508 e. The minimum absolute atomic E-state index is 0.304. The van der Waals surface area contributed by atoms with Crippen molar-refractivity contribution >= 4 is 12.6 Å². The van der Waals surface area contributed by atoms with Gasteiger partial charge in [0.15, 0.2) is 0 Å². The summed E-state index contributed by atoms with van der Waals surface area (Å²) in [5.41, 5.74) is 1.22. The summed E-state index contributed by atoms with van der Waals surface area (Å²) in [5, 5.41) is 9.61. The van der Waals surface area contributed by atoms with Crippen LogP contribution in [0.3, 0.4) is 0 Å². The molecule has 1 aromatic carbocycles. The van der Waals surface area contributed by atoms with Crippen molar-refractivity contribution in [1.82, 2.24) is 0 Å². The van der Waals surface area contributed by atoms with E-state index < -0.39 is 0 Å². The van der Waals surface area contributed by atoms with Gasteiger partial charge in [0, 0.05) is 5.25 Å². The van der Waals surface area contributed by atoms with Crippen LogP contribution in [0.5, 0.6) is 5.75 Å². The monoisotopic (exact) mass is 336 g/mol. The minimum Gasteiger partial charge on any atom is -0.508 e. The molecule has 0 fully saturated rings. The van der Waals surface area contributed by atoms with Gasteiger partial charge >= 0.3 is 0 Å². The average molecular weight is 337 g/mol. The van der Waals surface area contributed by atoms with Crippen molar-refractivity contribution in [3.63, 3.8) is 0 Å². The van der Waals surface area contributed by atoms with Gasteiger partial charge in [-0.05, 0) is 24.1 Å². The second-order valence-electron chi connectivity index (χ2n) is 6.79. The van der Waals surface area contributed by atoms with Crippen LogP contribution in [0.15, 0.2) is 24.3 Å². The molecular weight excluding hydrogens is 300 g/mol. The van der Waals surface area contributed by atoms with Crippen molar-refractivity contribution in [2.24, 2.45) is 0 Å². The van der Waals surface area contributed by atoms with E-state index in [1.165, 1.54) is 82.6 Å². The zero-order chi connectivity index (χ0) is 16.8. The van der Waals surface area contributed by atoms with Crippen molar-refractivity contribution < 1.29 is 5.11 Å². The van der Waals surface area contributed by atoms with Crippen LogP contribution in [-0.4, -0.2) is 5.11 Å². The van der Waals surface area contributed by atoms with Gasteiger partial charge in [-0.3, -0.25) is 0 Å². The molecule has 0 aliphatic heterocycles. The third-order valence-corrected chi connectivity index (χ3v) is 5.17. The van der Waals surface area contributed by atoms with Crippen LogP contribution in [-0.2, 0) is 0 Å². The summed E-state index contributed by atoms with van der Waals surface area (Å²) in [4.78, 5) is 0. The first-order valence-electron chi connectivity index (χ1n) is 9.71. The van der Waals surface area contributed by atoms with Crippen LogP contribution in [0.1, 0.15) is 101 Å². The van der Waals surface area contributed by atoms with Crippen molar-refractivity contribution in [2.45, 2.75) is 95.6 Å². The van der Waals surface area contributed by atoms with Crippen molar-refractivity contribution in [1.29, 1.82) is 0 Å². The van der Waals surface area contributed by atoms with E-state index in [0.717, 1.165) is 6.42 Å². The number of thiol groups is 1. The van der Waals surface area contributed by atoms with Crippen LogP contribution in [0, 0.1) is 0 Å². The second-order valence-corrected chi connectivity index (χ2v) is 7.41. The lowest BCUT2D eigenvalue weighted by atomic mass is 10.0. The van der Waals surface area contributed by atoms with E-state index >= 15 is 0 Å². The number of phenolic OH excluding ortho intramolecular Hbond substituents is 1. The van der Waals surface area contributed by atoms with E-state index in [9.17, 15) is 5.11 Å². The fraction of sp³-hybridized carbons (Fsp3) is 0.714. The van der Waals surface area contributed by atoms with Gasteiger partial charge in [0.1, 0.15) is 5.75 Å². The molecule has 0 radical (unpaired) electrons. The molecule has 2 heteroatoms. The second kappa shape index (κ2) is 13.8. The number of hydrogen-bond acceptors (Lipinski definition) is 2. The number of hydrogen-bond donors (Lipinski definition) is 2. The van der Waals surface area contributed by atoms with Crippen molar-refractivity contribution in [2.75, 3.05) is 0 Å². The first kappa shape index (κ1) is 20.4. The molecule has 0 heterocycles. The van der Waals surface area contributed by atoms with Gasteiger partial charge < -0.3 is 5.11 Å². The molecular formula is C21H36OS. The minimum atomic E-state index is 0.304. The summed E-state index contributed by atoms with van der Waals surface area (Å²) >= 11 is 4.68. The first-order chi connectivity index (χ1) is 11.2. The Morgan fingerprint density at radius 3 is 1.65 bits per heavy atom. The summed E-state index contributed by atoms with van der Waals surface area (Å²) in [6.45, 7) is 2.28. The van der Waals surface area contributed by atoms with Gasteiger partial charge in [-0.25, -0.2) is 0 Å². The van der Waals surface area contributed by atoms with Gasteiger partial charge in [0.25, 0.3) is 0 Å². The maximum atomic E-state index is 9.30. The average Bonchev–Trinajstić information content (AvgIpc) is 2.56. The highest BCUT2D eigenvalue weighted by Gasteiger charge is 2.05. The third kappa shape index (κ3) is 10.7. The molecule has 1 unspecified atom stereocenters. The zero-order valence-electron chi connectivity index (χ0n) is 15.0. The smallest absolute Gasteiger partial charge is 0.115 e.